The molecule has 4 nitrogen and oxygen atoms in total. The van der Waals surface area contributed by atoms with Crippen LogP contribution in [-0.2, 0) is 4.79 Å². The van der Waals surface area contributed by atoms with E-state index in [9.17, 15) is 4.79 Å². The van der Waals surface area contributed by atoms with Gasteiger partial charge in [-0.2, -0.15) is 0 Å². The molecule has 1 aliphatic heterocycles. The molecule has 0 radical (unpaired) electrons. The van der Waals surface area contributed by atoms with E-state index in [2.05, 4.69) is 12.2 Å². The maximum Gasteiger partial charge on any atom is 0.244 e. The number of likely N-dealkylation sites (tertiary alicyclic amines) is 1. The Kier molecular flexibility index (Phi) is 5.76. The Morgan fingerprint density at radius 1 is 1.33 bits per heavy atom. The molecule has 1 aromatic rings. The highest BCUT2D eigenvalue weighted by molar-refractivity contribution is 5.83. The van der Waals surface area contributed by atoms with Crippen LogP contribution in [0.15, 0.2) is 24.3 Å². The molecule has 1 atom stereocenters. The summed E-state index contributed by atoms with van der Waals surface area (Å²) in [4.78, 5) is 14.4. The van der Waals surface area contributed by atoms with Crippen molar-refractivity contribution in [2.75, 3.05) is 26.2 Å². The maximum atomic E-state index is 12.5. The van der Waals surface area contributed by atoms with E-state index in [4.69, 9.17) is 5.73 Å². The summed E-state index contributed by atoms with van der Waals surface area (Å²) in [6.45, 7) is 7.88. The largest absolute Gasteiger partial charge is 0.341 e. The fourth-order valence-corrected chi connectivity index (χ4v) is 2.82. The lowest BCUT2D eigenvalue weighted by atomic mass is 9.95. The van der Waals surface area contributed by atoms with Crippen LogP contribution in [-0.4, -0.2) is 37.0 Å². The van der Waals surface area contributed by atoms with Gasteiger partial charge in [0, 0.05) is 13.1 Å². The van der Waals surface area contributed by atoms with E-state index in [0.29, 0.717) is 5.92 Å². The number of piperidine rings is 1. The Bertz CT molecular complexity index is 450. The number of carbonyl (C=O) groups is 1. The molecule has 0 aliphatic carbocycles. The predicted molar refractivity (Wildman–Crippen MR) is 86.0 cm³/mol. The van der Waals surface area contributed by atoms with Crippen LogP contribution in [0.1, 0.15) is 36.9 Å². The average Bonchev–Trinajstić information content (AvgIpc) is 2.53. The second-order valence-corrected chi connectivity index (χ2v) is 5.96. The summed E-state index contributed by atoms with van der Waals surface area (Å²) in [6, 6.07) is 7.39. The molecule has 3 N–H and O–H groups in total. The van der Waals surface area contributed by atoms with Crippen LogP contribution in [0.25, 0.3) is 0 Å². The van der Waals surface area contributed by atoms with Gasteiger partial charge in [-0.05, 0) is 44.3 Å². The first kappa shape index (κ1) is 16.0. The Morgan fingerprint density at radius 2 is 1.95 bits per heavy atom. The van der Waals surface area contributed by atoms with E-state index < -0.39 is 6.04 Å². The minimum Gasteiger partial charge on any atom is -0.341 e. The zero-order chi connectivity index (χ0) is 15.2. The summed E-state index contributed by atoms with van der Waals surface area (Å²) in [7, 11) is 0. The van der Waals surface area contributed by atoms with Crippen molar-refractivity contribution in [1.29, 1.82) is 0 Å². The van der Waals surface area contributed by atoms with Gasteiger partial charge in [-0.3, -0.25) is 4.79 Å². The molecule has 0 spiro atoms. The third-order valence-electron chi connectivity index (χ3n) is 4.31. The molecule has 0 aromatic heterocycles. The van der Waals surface area contributed by atoms with Crippen molar-refractivity contribution < 1.29 is 4.79 Å². The summed E-state index contributed by atoms with van der Waals surface area (Å²) in [6.07, 6.45) is 2.14. The van der Waals surface area contributed by atoms with Crippen LogP contribution < -0.4 is 11.1 Å². The monoisotopic (exact) mass is 289 g/mol. The van der Waals surface area contributed by atoms with Crippen LogP contribution in [0.3, 0.4) is 0 Å². The van der Waals surface area contributed by atoms with Gasteiger partial charge in [-0.25, -0.2) is 0 Å². The van der Waals surface area contributed by atoms with Crippen molar-refractivity contribution in [2.45, 2.75) is 32.7 Å². The first-order chi connectivity index (χ1) is 10.1. The number of aryl methyl sites for hydroxylation is 1. The minimum absolute atomic E-state index is 0.0563. The number of hydrogen-bond acceptors (Lipinski definition) is 3. The molecule has 0 saturated carbocycles. The van der Waals surface area contributed by atoms with Crippen molar-refractivity contribution >= 4 is 5.91 Å². The fourth-order valence-electron chi connectivity index (χ4n) is 2.82. The van der Waals surface area contributed by atoms with E-state index >= 15 is 0 Å². The first-order valence-electron chi connectivity index (χ1n) is 7.93. The van der Waals surface area contributed by atoms with Crippen LogP contribution in [0.2, 0.25) is 0 Å². The van der Waals surface area contributed by atoms with E-state index in [1.165, 1.54) is 5.56 Å². The average molecular weight is 289 g/mol. The highest BCUT2D eigenvalue weighted by Crippen LogP contribution is 2.20. The summed E-state index contributed by atoms with van der Waals surface area (Å²) in [5.74, 6) is 0.741. The summed E-state index contributed by atoms with van der Waals surface area (Å²) in [5.41, 5.74) is 8.22. The number of nitrogens with zero attached hydrogens (tertiary/aromatic N) is 1. The van der Waals surface area contributed by atoms with Gasteiger partial charge in [0.2, 0.25) is 5.91 Å². The lowest BCUT2D eigenvalue weighted by molar-refractivity contribution is -0.134. The molecule has 1 unspecified atom stereocenters. The molecule has 1 saturated heterocycles. The lowest BCUT2D eigenvalue weighted by Gasteiger charge is -2.33. The fraction of sp³-hybridized carbons (Fsp3) is 0.588. The second-order valence-electron chi connectivity index (χ2n) is 5.96. The van der Waals surface area contributed by atoms with Gasteiger partial charge in [0.25, 0.3) is 0 Å². The van der Waals surface area contributed by atoms with Gasteiger partial charge in [-0.1, -0.05) is 36.8 Å². The predicted octanol–water partition coefficient (Wildman–Crippen LogP) is 1.84. The number of nitrogens with one attached hydrogen (secondary N) is 1. The van der Waals surface area contributed by atoms with Crippen LogP contribution in [0, 0.1) is 12.8 Å². The Balaban J connectivity index is 1.88. The van der Waals surface area contributed by atoms with Crippen molar-refractivity contribution in [3.8, 4) is 0 Å². The van der Waals surface area contributed by atoms with Gasteiger partial charge in [-0.15, -0.1) is 0 Å². The number of rotatable bonds is 5. The van der Waals surface area contributed by atoms with E-state index in [1.807, 2.05) is 36.1 Å². The van der Waals surface area contributed by atoms with E-state index in [1.54, 1.807) is 0 Å². The first-order valence-corrected chi connectivity index (χ1v) is 7.93. The summed E-state index contributed by atoms with van der Waals surface area (Å²) in [5, 5.41) is 3.39. The molecule has 1 amide bonds. The van der Waals surface area contributed by atoms with E-state index in [0.717, 1.165) is 44.6 Å². The molecule has 0 bridgehead atoms. The standard InChI is InChI=1S/C17H27N3O/c1-3-19-12-14-8-10-20(11-9-14)17(21)16(18)15-6-4-13(2)5-7-15/h4-7,14,16,19H,3,8-12,18H2,1-2H3. The normalized spacial score (nSPS) is 17.8. The quantitative estimate of drug-likeness (QED) is 0.869. The Hall–Kier alpha value is -1.39. The van der Waals surface area contributed by atoms with Crippen LogP contribution in [0.5, 0.6) is 0 Å². The number of hydrogen-bond donors (Lipinski definition) is 2. The number of benzene rings is 1. The third kappa shape index (κ3) is 4.29. The van der Waals surface area contributed by atoms with Gasteiger partial charge in [0.1, 0.15) is 6.04 Å². The van der Waals surface area contributed by atoms with Gasteiger partial charge in [0.15, 0.2) is 0 Å². The van der Waals surface area contributed by atoms with Gasteiger partial charge in [0.05, 0.1) is 0 Å². The SMILES string of the molecule is CCNCC1CCN(C(=O)C(N)c2ccc(C)cc2)CC1. The van der Waals surface area contributed by atoms with Crippen molar-refractivity contribution in [2.24, 2.45) is 11.7 Å². The highest BCUT2D eigenvalue weighted by atomic mass is 16.2. The topological polar surface area (TPSA) is 58.4 Å². The molecule has 21 heavy (non-hydrogen) atoms. The zero-order valence-corrected chi connectivity index (χ0v) is 13.1. The lowest BCUT2D eigenvalue weighted by Crippen LogP contribution is -2.44. The second kappa shape index (κ2) is 7.57. The number of carbonyl (C=O) groups excluding carboxylic acids is 1. The molecule has 1 fully saturated rings. The van der Waals surface area contributed by atoms with Crippen molar-refractivity contribution in [3.63, 3.8) is 0 Å². The highest BCUT2D eigenvalue weighted by Gasteiger charge is 2.26. The van der Waals surface area contributed by atoms with Crippen LogP contribution in [0.4, 0.5) is 0 Å². The molecule has 1 aromatic carbocycles. The number of amides is 1. The molecule has 1 aliphatic rings. The molecular formula is C17H27N3O. The summed E-state index contributed by atoms with van der Waals surface area (Å²) >= 11 is 0. The molecule has 4 heteroatoms. The summed E-state index contributed by atoms with van der Waals surface area (Å²) < 4.78 is 0. The Labute approximate surface area is 127 Å². The minimum atomic E-state index is -0.532. The molecule has 1 heterocycles. The molecular weight excluding hydrogens is 262 g/mol. The van der Waals surface area contributed by atoms with Crippen molar-refractivity contribution in [1.82, 2.24) is 10.2 Å². The zero-order valence-electron chi connectivity index (χ0n) is 13.1. The third-order valence-corrected chi connectivity index (χ3v) is 4.31. The maximum absolute atomic E-state index is 12.5. The van der Waals surface area contributed by atoms with E-state index in [-0.39, 0.29) is 5.91 Å². The molecule has 116 valence electrons. The Morgan fingerprint density at radius 3 is 2.52 bits per heavy atom. The van der Waals surface area contributed by atoms with Gasteiger partial charge >= 0.3 is 0 Å². The number of nitrogens with two attached hydrogens (primary N) is 1. The van der Waals surface area contributed by atoms with Crippen LogP contribution >= 0.6 is 0 Å². The van der Waals surface area contributed by atoms with Crippen molar-refractivity contribution in [3.05, 3.63) is 35.4 Å². The smallest absolute Gasteiger partial charge is 0.244 e. The molecule has 2 rings (SSSR count). The van der Waals surface area contributed by atoms with Gasteiger partial charge < -0.3 is 16.0 Å².